The summed E-state index contributed by atoms with van der Waals surface area (Å²) in [4.78, 5) is 0. The van der Waals surface area contributed by atoms with Gasteiger partial charge in [-0.05, 0) is 91.8 Å². The van der Waals surface area contributed by atoms with Crippen molar-refractivity contribution >= 4 is 10.4 Å². The van der Waals surface area contributed by atoms with E-state index in [1.165, 1.54) is 0 Å². The molecule has 5 aliphatic rings. The maximum absolute atomic E-state index is 12.6. The highest BCUT2D eigenvalue weighted by atomic mass is 32.3. The molecule has 0 spiro atoms. The maximum Gasteiger partial charge on any atom is 0.397 e. The average molecular weight is 665 g/mol. The molecule has 0 radical (unpaired) electrons. The van der Waals surface area contributed by atoms with Gasteiger partial charge in [0.2, 0.25) is 0 Å². The van der Waals surface area contributed by atoms with Gasteiger partial charge in [-0.15, -0.1) is 0 Å². The van der Waals surface area contributed by atoms with E-state index in [2.05, 4.69) is 20.8 Å². The Hall–Kier alpha value is -0.450. The number of hydrogen-bond donors (Lipinski definition) is 7. The van der Waals surface area contributed by atoms with E-state index in [0.717, 1.165) is 12.8 Å². The van der Waals surface area contributed by atoms with Crippen molar-refractivity contribution in [2.75, 3.05) is 6.61 Å². The van der Waals surface area contributed by atoms with E-state index in [0.29, 0.717) is 38.5 Å². The lowest BCUT2D eigenvalue weighted by molar-refractivity contribution is -0.300. The first kappa shape index (κ1) is 35.8. The molecule has 1 heterocycles. The molecule has 7 N–H and O–H groups in total. The molecule has 45 heavy (non-hydrogen) atoms. The highest BCUT2D eigenvalue weighted by Gasteiger charge is 2.70. The van der Waals surface area contributed by atoms with Gasteiger partial charge in [0, 0.05) is 12.3 Å². The van der Waals surface area contributed by atoms with Crippen molar-refractivity contribution in [3.8, 4) is 0 Å². The van der Waals surface area contributed by atoms with Crippen molar-refractivity contribution in [1.82, 2.24) is 0 Å². The molecule has 0 aromatic rings. The predicted molar refractivity (Wildman–Crippen MR) is 162 cm³/mol. The zero-order chi connectivity index (χ0) is 33.3. The first-order valence-electron chi connectivity index (χ1n) is 16.9. The first-order valence-corrected chi connectivity index (χ1v) is 18.2. The van der Waals surface area contributed by atoms with E-state index in [4.69, 9.17) is 13.7 Å². The normalized spacial score (nSPS) is 50.0. The van der Waals surface area contributed by atoms with Gasteiger partial charge in [-0.3, -0.25) is 4.55 Å². The topological polar surface area (TPSA) is 203 Å². The molecule has 262 valence electrons. The minimum Gasteiger partial charge on any atom is -0.393 e. The van der Waals surface area contributed by atoms with Crippen molar-refractivity contribution in [3.63, 3.8) is 0 Å². The van der Waals surface area contributed by atoms with Crippen LogP contribution in [0.15, 0.2) is 0 Å². The van der Waals surface area contributed by atoms with Gasteiger partial charge in [0.25, 0.3) is 0 Å². The summed E-state index contributed by atoms with van der Waals surface area (Å²) >= 11 is 0. The van der Waals surface area contributed by atoms with Crippen LogP contribution in [0.2, 0.25) is 0 Å². The highest BCUT2D eigenvalue weighted by Crippen LogP contribution is 2.70. The molecular weight excluding hydrogens is 608 g/mol. The third-order valence-corrected chi connectivity index (χ3v) is 13.6. The van der Waals surface area contributed by atoms with Crippen LogP contribution in [0.25, 0.3) is 0 Å². The second kappa shape index (κ2) is 12.8. The van der Waals surface area contributed by atoms with E-state index in [-0.39, 0.29) is 54.1 Å². The number of fused-ring (bicyclic) bond motifs is 5. The molecule has 5 fully saturated rings. The summed E-state index contributed by atoms with van der Waals surface area (Å²) in [5, 5.41) is 66.1. The van der Waals surface area contributed by atoms with Crippen molar-refractivity contribution in [2.24, 2.45) is 46.3 Å². The van der Waals surface area contributed by atoms with Crippen LogP contribution in [-0.2, 0) is 24.1 Å². The zero-order valence-corrected chi connectivity index (χ0v) is 28.1. The minimum atomic E-state index is -4.58. The van der Waals surface area contributed by atoms with Gasteiger partial charge in [0.15, 0.2) is 6.29 Å². The van der Waals surface area contributed by atoms with Crippen LogP contribution in [0, 0.1) is 46.3 Å². The number of rotatable bonds is 9. The van der Waals surface area contributed by atoms with E-state index < -0.39 is 70.2 Å². The number of ether oxygens (including phenoxy) is 2. The summed E-state index contributed by atoms with van der Waals surface area (Å²) < 4.78 is 48.6. The first-order chi connectivity index (χ1) is 20.8. The van der Waals surface area contributed by atoms with E-state index >= 15 is 0 Å². The summed E-state index contributed by atoms with van der Waals surface area (Å²) in [6.07, 6.45) is -2.50. The Labute approximate surface area is 267 Å². The van der Waals surface area contributed by atoms with Gasteiger partial charge in [-0.2, -0.15) is 8.42 Å². The molecule has 16 atom stereocenters. The van der Waals surface area contributed by atoms with Gasteiger partial charge in [0.05, 0.1) is 36.6 Å². The van der Waals surface area contributed by atoms with Crippen molar-refractivity contribution in [1.29, 1.82) is 0 Å². The van der Waals surface area contributed by atoms with Gasteiger partial charge in [-0.25, -0.2) is 4.18 Å². The summed E-state index contributed by atoms with van der Waals surface area (Å²) in [5.41, 5.74) is -2.06. The van der Waals surface area contributed by atoms with Gasteiger partial charge < -0.3 is 40.1 Å². The maximum atomic E-state index is 12.6. The number of aliphatic hydroxyl groups is 6. The van der Waals surface area contributed by atoms with Gasteiger partial charge in [0.1, 0.15) is 18.3 Å². The SMILES string of the molecule is CC(C)[C@H](CC[C@@H](C)[C@H]1CC(O)C2[C@]3(O)C[C@@H](O)C4C[C@@H](OC5OCC(O)C(O)C5O)CC[C@]4(C)C3CC[C@@]21C)OS(=O)(=O)O. The fraction of sp³-hybridized carbons (Fsp3) is 1.00. The number of aliphatic hydroxyl groups excluding tert-OH is 5. The van der Waals surface area contributed by atoms with Gasteiger partial charge in [-0.1, -0.05) is 34.6 Å². The molecule has 0 aromatic heterocycles. The molecule has 4 saturated carbocycles. The number of hydrogen-bond acceptors (Lipinski definition) is 11. The third kappa shape index (κ3) is 6.50. The molecule has 8 unspecified atom stereocenters. The quantitative estimate of drug-likeness (QED) is 0.139. The van der Waals surface area contributed by atoms with E-state index in [1.54, 1.807) is 0 Å². The van der Waals surface area contributed by atoms with Gasteiger partial charge >= 0.3 is 10.4 Å². The van der Waals surface area contributed by atoms with Crippen LogP contribution < -0.4 is 0 Å². The van der Waals surface area contributed by atoms with E-state index in [1.807, 2.05) is 13.8 Å². The standard InChI is InChI=1S/C32H56O12S/c1-16(2)24(44-45(39,40)41)7-6-17(3)19-13-21(33)28-31(19,5)11-9-25-30(4)10-8-18(12-20(30)22(34)14-32(25,28)38)43-29-27(37)26(36)23(35)15-42-29/h16-29,33-38H,6-15H2,1-5H3,(H,39,40,41)/t17-,18+,19-,20?,21?,22-,23?,24+,25?,26?,27?,28?,29?,30+,31-,32+/m1/s1. The lowest BCUT2D eigenvalue weighted by Gasteiger charge is -2.66. The summed E-state index contributed by atoms with van der Waals surface area (Å²) in [6, 6.07) is 0. The second-order valence-corrected chi connectivity index (χ2v) is 17.1. The molecule has 13 heteroatoms. The Bertz CT molecular complexity index is 1150. The van der Waals surface area contributed by atoms with Crippen LogP contribution in [0.4, 0.5) is 0 Å². The Kier molecular flexibility index (Phi) is 10.2. The van der Waals surface area contributed by atoms with E-state index in [9.17, 15) is 43.6 Å². The molecule has 4 aliphatic carbocycles. The summed E-state index contributed by atoms with van der Waals surface area (Å²) in [6.45, 7) is 9.95. The summed E-state index contributed by atoms with van der Waals surface area (Å²) in [5.74, 6) is -0.683. The molecule has 0 bridgehead atoms. The van der Waals surface area contributed by atoms with Crippen LogP contribution >= 0.6 is 0 Å². The molecule has 0 amide bonds. The Morgan fingerprint density at radius 2 is 1.56 bits per heavy atom. The van der Waals surface area contributed by atoms with Crippen LogP contribution in [0.1, 0.15) is 92.4 Å². The lowest BCUT2D eigenvalue weighted by atomic mass is 9.42. The van der Waals surface area contributed by atoms with Crippen molar-refractivity contribution in [3.05, 3.63) is 0 Å². The van der Waals surface area contributed by atoms with Crippen LogP contribution in [0.3, 0.4) is 0 Å². The van der Waals surface area contributed by atoms with Crippen molar-refractivity contribution in [2.45, 2.75) is 147 Å². The molecule has 0 aromatic carbocycles. The molecule has 1 aliphatic heterocycles. The average Bonchev–Trinajstić information content (AvgIpc) is 3.22. The van der Waals surface area contributed by atoms with Crippen LogP contribution in [0.5, 0.6) is 0 Å². The zero-order valence-electron chi connectivity index (χ0n) is 27.2. The summed E-state index contributed by atoms with van der Waals surface area (Å²) in [7, 11) is -4.58. The fourth-order valence-electron chi connectivity index (χ4n) is 10.9. The Morgan fingerprint density at radius 3 is 2.20 bits per heavy atom. The predicted octanol–water partition coefficient (Wildman–Crippen LogP) is 1.79. The largest absolute Gasteiger partial charge is 0.397 e. The lowest BCUT2D eigenvalue weighted by Crippen LogP contribution is -2.68. The molecule has 1 saturated heterocycles. The Morgan fingerprint density at radius 1 is 0.889 bits per heavy atom. The van der Waals surface area contributed by atoms with Crippen molar-refractivity contribution < 1.29 is 57.3 Å². The molecule has 12 nitrogen and oxygen atoms in total. The monoisotopic (exact) mass is 664 g/mol. The smallest absolute Gasteiger partial charge is 0.393 e. The molecule has 5 rings (SSSR count). The van der Waals surface area contributed by atoms with Crippen LogP contribution in [-0.4, -0.2) is 105 Å². The second-order valence-electron chi connectivity index (χ2n) is 16.0. The Balaban J connectivity index is 1.29. The minimum absolute atomic E-state index is 0.0728. The molecular formula is C32H56O12S. The third-order valence-electron chi connectivity index (χ3n) is 13.1. The fourth-order valence-corrected chi connectivity index (χ4v) is 11.5. The highest BCUT2D eigenvalue weighted by molar-refractivity contribution is 7.80.